The number of aromatic nitrogens is 2. The number of carbonyl (C=O) groups excluding carboxylic acids is 1. The highest BCUT2D eigenvalue weighted by Crippen LogP contribution is 2.09. The van der Waals surface area contributed by atoms with E-state index < -0.39 is 0 Å². The highest BCUT2D eigenvalue weighted by Gasteiger charge is 2.20. The lowest BCUT2D eigenvalue weighted by molar-refractivity contribution is -0.132. The van der Waals surface area contributed by atoms with Gasteiger partial charge in [-0.3, -0.25) is 24.4 Å². The zero-order chi connectivity index (χ0) is 20.2. The van der Waals surface area contributed by atoms with Crippen molar-refractivity contribution in [1.29, 1.82) is 0 Å². The van der Waals surface area contributed by atoms with Gasteiger partial charge < -0.3 is 4.90 Å². The molecule has 0 radical (unpaired) electrons. The first-order valence-corrected chi connectivity index (χ1v) is 9.88. The summed E-state index contributed by atoms with van der Waals surface area (Å²) in [6.45, 7) is 3.67. The summed E-state index contributed by atoms with van der Waals surface area (Å²) in [5.41, 5.74) is 0.541. The Morgan fingerprint density at radius 2 is 1.59 bits per heavy atom. The summed E-state index contributed by atoms with van der Waals surface area (Å²) in [5, 5.41) is 3.20. The van der Waals surface area contributed by atoms with E-state index in [1.165, 1.54) is 5.56 Å². The Balaban J connectivity index is 1.44. The Kier molecular flexibility index (Phi) is 5.57. The molecule has 0 atom stereocenters. The smallest absolute Gasteiger partial charge is 0.273 e. The zero-order valence-electron chi connectivity index (χ0n) is 16.2. The molecule has 1 fully saturated rings. The molecule has 4 rings (SSSR count). The number of carbonyl (C=O) groups is 1. The highest BCUT2D eigenvalue weighted by molar-refractivity contribution is 5.81. The zero-order valence-corrected chi connectivity index (χ0v) is 16.2. The molecule has 0 unspecified atom stereocenters. The fraction of sp³-hybridized carbons (Fsp3) is 0.318. The van der Waals surface area contributed by atoms with Crippen LogP contribution in [0.5, 0.6) is 0 Å². The van der Waals surface area contributed by atoms with Crippen LogP contribution in [0.3, 0.4) is 0 Å². The molecule has 0 spiro atoms. The molecule has 0 aliphatic carbocycles. The number of hydrogen-bond acceptors (Lipinski definition) is 4. The van der Waals surface area contributed by atoms with E-state index in [9.17, 15) is 14.4 Å². The normalized spacial score (nSPS) is 15.4. The van der Waals surface area contributed by atoms with Crippen LogP contribution in [-0.2, 0) is 17.9 Å². The lowest BCUT2D eigenvalue weighted by Crippen LogP contribution is -2.40. The third-order valence-electron chi connectivity index (χ3n) is 5.37. The second kappa shape index (κ2) is 8.45. The van der Waals surface area contributed by atoms with E-state index in [2.05, 4.69) is 22.1 Å². The molecule has 3 aromatic rings. The molecule has 150 valence electrons. The van der Waals surface area contributed by atoms with Gasteiger partial charge in [0.05, 0.1) is 10.8 Å². The molecule has 2 heterocycles. The molecular formula is C22H24N4O3. The van der Waals surface area contributed by atoms with Crippen LogP contribution in [0.15, 0.2) is 64.2 Å². The van der Waals surface area contributed by atoms with Gasteiger partial charge in [0.1, 0.15) is 6.54 Å². The van der Waals surface area contributed by atoms with Crippen molar-refractivity contribution in [3.63, 3.8) is 0 Å². The molecule has 0 bridgehead atoms. The van der Waals surface area contributed by atoms with E-state index >= 15 is 0 Å². The van der Waals surface area contributed by atoms with Gasteiger partial charge in [-0.2, -0.15) is 0 Å². The van der Waals surface area contributed by atoms with Crippen molar-refractivity contribution in [3.8, 4) is 0 Å². The topological polar surface area (TPSA) is 78.4 Å². The molecule has 7 heteroatoms. The Hall–Kier alpha value is -3.19. The van der Waals surface area contributed by atoms with Crippen molar-refractivity contribution in [3.05, 3.63) is 80.9 Å². The first-order valence-electron chi connectivity index (χ1n) is 9.88. The number of hydrogen-bond donors (Lipinski definition) is 1. The van der Waals surface area contributed by atoms with Crippen LogP contribution in [-0.4, -0.2) is 51.7 Å². The van der Waals surface area contributed by atoms with Crippen molar-refractivity contribution < 1.29 is 4.79 Å². The maximum Gasteiger partial charge on any atom is 0.273 e. The predicted molar refractivity (Wildman–Crippen MR) is 112 cm³/mol. The fourth-order valence-corrected chi connectivity index (χ4v) is 3.81. The second-order valence-electron chi connectivity index (χ2n) is 7.37. The van der Waals surface area contributed by atoms with E-state index in [4.69, 9.17) is 0 Å². The Labute approximate surface area is 168 Å². The van der Waals surface area contributed by atoms with Gasteiger partial charge in [0.25, 0.3) is 11.1 Å². The number of benzene rings is 2. The van der Waals surface area contributed by atoms with E-state index in [1.54, 1.807) is 29.2 Å². The minimum Gasteiger partial charge on any atom is -0.340 e. The van der Waals surface area contributed by atoms with Gasteiger partial charge in [0.15, 0.2) is 0 Å². The molecule has 1 amide bonds. The minimum absolute atomic E-state index is 0.153. The predicted octanol–water partition coefficient (Wildman–Crippen LogP) is 1.42. The van der Waals surface area contributed by atoms with Crippen LogP contribution in [0.1, 0.15) is 12.0 Å². The molecule has 1 N–H and O–H groups in total. The standard InChI is InChI=1S/C22H24N4O3/c27-20(16-26-22(29)19-10-5-4-9-18(19)21(28)23-26)25-12-6-11-24(13-14-25)15-17-7-2-1-3-8-17/h1-5,7-10H,6,11-16H2,(H,23,28). The molecule has 1 aliphatic rings. The molecular weight excluding hydrogens is 368 g/mol. The first-order chi connectivity index (χ1) is 14.1. The Morgan fingerprint density at radius 3 is 2.38 bits per heavy atom. The van der Waals surface area contributed by atoms with E-state index in [-0.39, 0.29) is 23.6 Å². The summed E-state index contributed by atoms with van der Waals surface area (Å²) in [5.74, 6) is -0.153. The van der Waals surface area contributed by atoms with E-state index in [0.717, 1.165) is 30.7 Å². The largest absolute Gasteiger partial charge is 0.340 e. The monoisotopic (exact) mass is 392 g/mol. The average molecular weight is 392 g/mol. The molecule has 7 nitrogen and oxygen atoms in total. The summed E-state index contributed by atoms with van der Waals surface area (Å²) < 4.78 is 1.12. The van der Waals surface area contributed by atoms with E-state index in [0.29, 0.717) is 23.9 Å². The number of rotatable bonds is 4. The van der Waals surface area contributed by atoms with Crippen LogP contribution in [0.2, 0.25) is 0 Å². The number of nitrogens with one attached hydrogen (secondary N) is 1. The van der Waals surface area contributed by atoms with Crippen molar-refractivity contribution >= 4 is 16.7 Å². The van der Waals surface area contributed by atoms with Gasteiger partial charge in [-0.15, -0.1) is 0 Å². The molecule has 2 aromatic carbocycles. The van der Waals surface area contributed by atoms with Crippen molar-refractivity contribution in [2.45, 2.75) is 19.5 Å². The van der Waals surface area contributed by atoms with Gasteiger partial charge in [0, 0.05) is 32.7 Å². The lowest BCUT2D eigenvalue weighted by atomic mass is 10.2. The van der Waals surface area contributed by atoms with Gasteiger partial charge in [-0.05, 0) is 24.1 Å². The van der Waals surface area contributed by atoms with Crippen LogP contribution < -0.4 is 11.1 Å². The maximum atomic E-state index is 12.8. The number of aromatic amines is 1. The van der Waals surface area contributed by atoms with Crippen LogP contribution in [0, 0.1) is 0 Å². The molecule has 29 heavy (non-hydrogen) atoms. The third-order valence-corrected chi connectivity index (χ3v) is 5.37. The summed E-state index contributed by atoms with van der Waals surface area (Å²) in [4.78, 5) is 41.8. The van der Waals surface area contributed by atoms with Crippen molar-refractivity contribution in [1.82, 2.24) is 19.6 Å². The van der Waals surface area contributed by atoms with Gasteiger partial charge in [-0.25, -0.2) is 4.68 Å². The number of fused-ring (bicyclic) bond motifs is 1. The summed E-state index contributed by atoms with van der Waals surface area (Å²) >= 11 is 0. The first kappa shape index (κ1) is 19.1. The SMILES string of the molecule is O=C(Cn1[nH]c(=O)c2ccccc2c1=O)N1CCCN(Cc2ccccc2)CC1. The minimum atomic E-state index is -0.363. The number of nitrogens with zero attached hydrogens (tertiary/aromatic N) is 3. The molecule has 0 saturated carbocycles. The quantitative estimate of drug-likeness (QED) is 0.729. The van der Waals surface area contributed by atoms with Crippen molar-refractivity contribution in [2.24, 2.45) is 0 Å². The second-order valence-corrected chi connectivity index (χ2v) is 7.37. The third kappa shape index (κ3) is 4.30. The fourth-order valence-electron chi connectivity index (χ4n) is 3.81. The van der Waals surface area contributed by atoms with Crippen LogP contribution >= 0.6 is 0 Å². The number of H-pyrrole nitrogens is 1. The summed E-state index contributed by atoms with van der Waals surface area (Å²) in [6, 6.07) is 16.9. The maximum absolute atomic E-state index is 12.8. The van der Waals surface area contributed by atoms with E-state index in [1.807, 2.05) is 18.2 Å². The van der Waals surface area contributed by atoms with Crippen LogP contribution in [0.25, 0.3) is 10.8 Å². The van der Waals surface area contributed by atoms with Gasteiger partial charge in [-0.1, -0.05) is 42.5 Å². The average Bonchev–Trinajstić information content (AvgIpc) is 2.98. The molecule has 1 aromatic heterocycles. The summed E-state index contributed by atoms with van der Waals surface area (Å²) in [6.07, 6.45) is 0.877. The molecule has 1 aliphatic heterocycles. The van der Waals surface area contributed by atoms with Crippen LogP contribution in [0.4, 0.5) is 0 Å². The highest BCUT2D eigenvalue weighted by atomic mass is 16.2. The lowest BCUT2D eigenvalue weighted by Gasteiger charge is -2.22. The van der Waals surface area contributed by atoms with Gasteiger partial charge in [0.2, 0.25) is 5.91 Å². The van der Waals surface area contributed by atoms with Gasteiger partial charge >= 0.3 is 0 Å². The Bertz CT molecular complexity index is 1120. The molecule has 1 saturated heterocycles. The number of amides is 1. The summed E-state index contributed by atoms with van der Waals surface area (Å²) in [7, 11) is 0. The van der Waals surface area contributed by atoms with Crippen molar-refractivity contribution in [2.75, 3.05) is 26.2 Å². The Morgan fingerprint density at radius 1 is 0.862 bits per heavy atom.